The van der Waals surface area contributed by atoms with Gasteiger partial charge in [0.05, 0.1) is 7.11 Å². The first kappa shape index (κ1) is 10.8. The van der Waals surface area contributed by atoms with Gasteiger partial charge in [-0.3, -0.25) is 0 Å². The lowest BCUT2D eigenvalue weighted by Crippen LogP contribution is -2.13. The molecule has 0 radical (unpaired) electrons. The van der Waals surface area contributed by atoms with E-state index >= 15 is 0 Å². The lowest BCUT2D eigenvalue weighted by molar-refractivity contribution is 0.414. The van der Waals surface area contributed by atoms with Crippen molar-refractivity contribution in [2.75, 3.05) is 13.7 Å². The summed E-state index contributed by atoms with van der Waals surface area (Å²) in [5.41, 5.74) is 8.22. The Hall–Kier alpha value is -1.74. The minimum absolute atomic E-state index is 0.223. The van der Waals surface area contributed by atoms with Gasteiger partial charge in [-0.25, -0.2) is 0 Å². The van der Waals surface area contributed by atoms with E-state index < -0.39 is 0 Å². The van der Waals surface area contributed by atoms with Gasteiger partial charge in [0.1, 0.15) is 5.75 Å². The molecule has 0 spiro atoms. The number of nitrogens with two attached hydrogens (primary N) is 1. The number of methoxy groups -OCH3 is 1. The summed E-state index contributed by atoms with van der Waals surface area (Å²) >= 11 is 0. The van der Waals surface area contributed by atoms with Crippen LogP contribution >= 0.6 is 0 Å². The Balaban J connectivity index is 2.33. The first-order valence-corrected chi connectivity index (χ1v) is 5.32. The van der Waals surface area contributed by atoms with Crippen LogP contribution in [0.5, 0.6) is 5.75 Å². The monoisotopic (exact) mass is 216 g/mol. The second-order valence-electron chi connectivity index (χ2n) is 3.71. The van der Waals surface area contributed by atoms with Gasteiger partial charge in [0.15, 0.2) is 0 Å². The van der Waals surface area contributed by atoms with Crippen molar-refractivity contribution in [2.24, 2.45) is 5.73 Å². The number of aromatic nitrogens is 1. The molecule has 1 aromatic carbocycles. The topological polar surface area (TPSA) is 51.0 Å². The van der Waals surface area contributed by atoms with Gasteiger partial charge in [-0.05, 0) is 29.3 Å². The van der Waals surface area contributed by atoms with E-state index in [0.717, 1.165) is 5.75 Å². The van der Waals surface area contributed by atoms with Crippen molar-refractivity contribution in [3.05, 3.63) is 53.9 Å². The highest BCUT2D eigenvalue weighted by Gasteiger charge is 2.13. The maximum absolute atomic E-state index is 5.83. The van der Waals surface area contributed by atoms with Crippen LogP contribution in [0.4, 0.5) is 0 Å². The maximum Gasteiger partial charge on any atom is 0.119 e. The van der Waals surface area contributed by atoms with Crippen LogP contribution in [-0.4, -0.2) is 18.6 Å². The Labute approximate surface area is 95.2 Å². The average molecular weight is 216 g/mol. The fourth-order valence-electron chi connectivity index (χ4n) is 1.88. The molecule has 3 nitrogen and oxygen atoms in total. The first-order chi connectivity index (χ1) is 7.85. The predicted molar refractivity (Wildman–Crippen MR) is 64.7 cm³/mol. The molecule has 2 aromatic rings. The zero-order chi connectivity index (χ0) is 11.4. The molecule has 16 heavy (non-hydrogen) atoms. The first-order valence-electron chi connectivity index (χ1n) is 5.32. The molecule has 0 saturated heterocycles. The molecule has 1 heterocycles. The standard InChI is InChI=1S/C13H16N2O/c1-16-12-4-2-3-10(7-12)13(8-14)11-5-6-15-9-11/h2-7,9,13,15H,8,14H2,1H3. The van der Waals surface area contributed by atoms with E-state index in [-0.39, 0.29) is 5.92 Å². The maximum atomic E-state index is 5.83. The molecule has 84 valence electrons. The molecule has 0 saturated carbocycles. The van der Waals surface area contributed by atoms with Gasteiger partial charge in [-0.15, -0.1) is 0 Å². The van der Waals surface area contributed by atoms with E-state index in [2.05, 4.69) is 17.1 Å². The minimum Gasteiger partial charge on any atom is -0.497 e. The SMILES string of the molecule is COc1cccc(C(CN)c2cc[nH]c2)c1. The van der Waals surface area contributed by atoms with Crippen molar-refractivity contribution in [2.45, 2.75) is 5.92 Å². The predicted octanol–water partition coefficient (Wildman–Crippen LogP) is 2.11. The lowest BCUT2D eigenvalue weighted by atomic mass is 9.93. The number of H-pyrrole nitrogens is 1. The van der Waals surface area contributed by atoms with Crippen molar-refractivity contribution in [3.63, 3.8) is 0 Å². The van der Waals surface area contributed by atoms with Crippen LogP contribution in [0.3, 0.4) is 0 Å². The number of benzene rings is 1. The molecule has 0 aliphatic rings. The summed E-state index contributed by atoms with van der Waals surface area (Å²) in [4.78, 5) is 3.06. The zero-order valence-corrected chi connectivity index (χ0v) is 9.31. The van der Waals surface area contributed by atoms with E-state index in [1.54, 1.807) is 7.11 Å². The molecule has 1 atom stereocenters. The van der Waals surface area contributed by atoms with Crippen LogP contribution in [-0.2, 0) is 0 Å². The number of aromatic amines is 1. The quantitative estimate of drug-likeness (QED) is 0.822. The smallest absolute Gasteiger partial charge is 0.119 e. The second kappa shape index (κ2) is 4.86. The Morgan fingerprint density at radius 3 is 2.81 bits per heavy atom. The minimum atomic E-state index is 0.223. The Bertz CT molecular complexity index is 437. The zero-order valence-electron chi connectivity index (χ0n) is 9.31. The van der Waals surface area contributed by atoms with Gasteiger partial charge in [0, 0.05) is 24.9 Å². The van der Waals surface area contributed by atoms with Crippen molar-refractivity contribution in [3.8, 4) is 5.75 Å². The largest absolute Gasteiger partial charge is 0.497 e. The normalized spacial score (nSPS) is 12.4. The van der Waals surface area contributed by atoms with Gasteiger partial charge in [0.25, 0.3) is 0 Å². The summed E-state index contributed by atoms with van der Waals surface area (Å²) in [6, 6.07) is 10.1. The van der Waals surface area contributed by atoms with Crippen molar-refractivity contribution >= 4 is 0 Å². The fourth-order valence-corrected chi connectivity index (χ4v) is 1.88. The Morgan fingerprint density at radius 1 is 1.31 bits per heavy atom. The molecule has 1 aromatic heterocycles. The fraction of sp³-hybridized carbons (Fsp3) is 0.231. The molecular weight excluding hydrogens is 200 g/mol. The Kier molecular flexibility index (Phi) is 3.27. The van der Waals surface area contributed by atoms with Gasteiger partial charge < -0.3 is 15.5 Å². The number of rotatable bonds is 4. The van der Waals surface area contributed by atoms with Crippen LogP contribution in [0.2, 0.25) is 0 Å². The van der Waals surface area contributed by atoms with Crippen LogP contribution < -0.4 is 10.5 Å². The molecule has 2 rings (SSSR count). The third-order valence-corrected chi connectivity index (χ3v) is 2.76. The number of hydrogen-bond donors (Lipinski definition) is 2. The van der Waals surface area contributed by atoms with Crippen molar-refractivity contribution in [1.82, 2.24) is 4.98 Å². The third-order valence-electron chi connectivity index (χ3n) is 2.76. The second-order valence-corrected chi connectivity index (χ2v) is 3.71. The summed E-state index contributed by atoms with van der Waals surface area (Å²) < 4.78 is 5.22. The highest BCUT2D eigenvalue weighted by atomic mass is 16.5. The van der Waals surface area contributed by atoms with Crippen LogP contribution in [0.1, 0.15) is 17.0 Å². The molecule has 0 aliphatic heterocycles. The highest BCUT2D eigenvalue weighted by molar-refractivity contribution is 5.36. The van der Waals surface area contributed by atoms with Crippen LogP contribution in [0, 0.1) is 0 Å². The molecule has 3 N–H and O–H groups in total. The highest BCUT2D eigenvalue weighted by Crippen LogP contribution is 2.25. The molecule has 0 bridgehead atoms. The molecule has 0 amide bonds. The van der Waals surface area contributed by atoms with Gasteiger partial charge in [-0.1, -0.05) is 12.1 Å². The molecule has 0 fully saturated rings. The van der Waals surface area contributed by atoms with Crippen molar-refractivity contribution < 1.29 is 4.74 Å². The lowest BCUT2D eigenvalue weighted by Gasteiger charge is -2.14. The number of nitrogens with one attached hydrogen (secondary N) is 1. The van der Waals surface area contributed by atoms with Gasteiger partial charge >= 0.3 is 0 Å². The summed E-state index contributed by atoms with van der Waals surface area (Å²) in [7, 11) is 1.67. The van der Waals surface area contributed by atoms with Crippen molar-refractivity contribution in [1.29, 1.82) is 0 Å². The van der Waals surface area contributed by atoms with Gasteiger partial charge in [-0.2, -0.15) is 0 Å². The van der Waals surface area contributed by atoms with E-state index in [1.165, 1.54) is 11.1 Å². The van der Waals surface area contributed by atoms with Gasteiger partial charge in [0.2, 0.25) is 0 Å². The van der Waals surface area contributed by atoms with E-state index in [9.17, 15) is 0 Å². The molecular formula is C13H16N2O. The summed E-state index contributed by atoms with van der Waals surface area (Å²) in [6.45, 7) is 0.588. The van der Waals surface area contributed by atoms with E-state index in [0.29, 0.717) is 6.54 Å². The molecule has 3 heteroatoms. The summed E-state index contributed by atoms with van der Waals surface area (Å²) in [6.07, 6.45) is 3.90. The summed E-state index contributed by atoms with van der Waals surface area (Å²) in [5.74, 6) is 1.09. The Morgan fingerprint density at radius 2 is 2.19 bits per heavy atom. The number of hydrogen-bond acceptors (Lipinski definition) is 2. The average Bonchev–Trinajstić information content (AvgIpc) is 2.84. The molecule has 1 unspecified atom stereocenters. The third kappa shape index (κ3) is 2.09. The van der Waals surface area contributed by atoms with Crippen LogP contribution in [0.15, 0.2) is 42.7 Å². The van der Waals surface area contributed by atoms with E-state index in [4.69, 9.17) is 10.5 Å². The summed E-state index contributed by atoms with van der Waals surface area (Å²) in [5, 5.41) is 0. The molecule has 0 aliphatic carbocycles. The van der Waals surface area contributed by atoms with E-state index in [1.807, 2.05) is 30.6 Å². The van der Waals surface area contributed by atoms with Crippen LogP contribution in [0.25, 0.3) is 0 Å². The number of ether oxygens (including phenoxy) is 1.